The number of hydrogen-bond donors (Lipinski definition) is 1. The van der Waals surface area contributed by atoms with E-state index in [-0.39, 0.29) is 5.91 Å². The van der Waals surface area contributed by atoms with Crippen LogP contribution in [0, 0.1) is 6.92 Å². The lowest BCUT2D eigenvalue weighted by atomic mass is 10.1. The molecule has 1 aromatic carbocycles. The van der Waals surface area contributed by atoms with Crippen molar-refractivity contribution in [3.8, 4) is 11.3 Å². The molecule has 3 heterocycles. The van der Waals surface area contributed by atoms with E-state index in [4.69, 9.17) is 4.98 Å². The van der Waals surface area contributed by atoms with Crippen molar-refractivity contribution < 1.29 is 4.79 Å². The zero-order valence-electron chi connectivity index (χ0n) is 16.4. The van der Waals surface area contributed by atoms with E-state index in [9.17, 15) is 4.79 Å². The fourth-order valence-corrected chi connectivity index (χ4v) is 3.84. The first-order valence-corrected chi connectivity index (χ1v) is 10.1. The normalized spacial score (nSPS) is 14.8. The van der Waals surface area contributed by atoms with Gasteiger partial charge < -0.3 is 10.2 Å². The predicted molar refractivity (Wildman–Crippen MR) is 111 cm³/mol. The van der Waals surface area contributed by atoms with Crippen LogP contribution in [0.4, 0.5) is 5.82 Å². The van der Waals surface area contributed by atoms with Crippen LogP contribution in [0.2, 0.25) is 0 Å². The second kappa shape index (κ2) is 8.42. The number of amides is 1. The number of carbonyl (C=O) groups is 1. The maximum atomic E-state index is 12.6. The summed E-state index contributed by atoms with van der Waals surface area (Å²) in [6.45, 7) is 4.46. The fraction of sp³-hybridized carbons (Fsp3) is 0.409. The molecule has 1 saturated heterocycles. The summed E-state index contributed by atoms with van der Waals surface area (Å²) in [6.07, 6.45) is 10.6. The van der Waals surface area contributed by atoms with Crippen LogP contribution >= 0.6 is 0 Å². The van der Waals surface area contributed by atoms with Gasteiger partial charge in [0.05, 0.1) is 6.20 Å². The van der Waals surface area contributed by atoms with E-state index in [1.54, 1.807) is 12.4 Å². The molecule has 0 aliphatic carbocycles. The maximum Gasteiger partial charge on any atom is 0.224 e. The van der Waals surface area contributed by atoms with Crippen molar-refractivity contribution in [2.24, 2.45) is 0 Å². The molecule has 0 radical (unpaired) electrons. The average Bonchev–Trinajstić information content (AvgIpc) is 2.88. The van der Waals surface area contributed by atoms with Crippen LogP contribution in [-0.4, -0.2) is 44.8 Å². The minimum Gasteiger partial charge on any atom is -0.369 e. The number of nitrogens with zero attached hydrogens (tertiary/aromatic N) is 4. The molecular formula is C22H27N5O. The lowest BCUT2D eigenvalue weighted by Crippen LogP contribution is -2.33. The summed E-state index contributed by atoms with van der Waals surface area (Å²) in [4.78, 5) is 23.6. The van der Waals surface area contributed by atoms with Crippen LogP contribution in [0.15, 0.2) is 42.9 Å². The highest BCUT2D eigenvalue weighted by Gasteiger charge is 2.17. The second-order valence-electron chi connectivity index (χ2n) is 7.45. The van der Waals surface area contributed by atoms with E-state index < -0.39 is 0 Å². The monoisotopic (exact) mass is 377 g/mol. The predicted octanol–water partition coefficient (Wildman–Crippen LogP) is 3.91. The largest absolute Gasteiger partial charge is 0.369 e. The van der Waals surface area contributed by atoms with Crippen molar-refractivity contribution in [1.29, 1.82) is 0 Å². The van der Waals surface area contributed by atoms with Crippen molar-refractivity contribution in [2.75, 3.05) is 25.0 Å². The van der Waals surface area contributed by atoms with E-state index in [1.165, 1.54) is 18.4 Å². The Morgan fingerprint density at radius 3 is 2.79 bits per heavy atom. The number of aryl methyl sites for hydroxylation is 1. The highest BCUT2D eigenvalue weighted by Crippen LogP contribution is 2.29. The third kappa shape index (κ3) is 4.01. The number of imidazole rings is 1. The zero-order chi connectivity index (χ0) is 19.3. The summed E-state index contributed by atoms with van der Waals surface area (Å²) in [6, 6.07) is 8.31. The van der Waals surface area contributed by atoms with Gasteiger partial charge in [0.2, 0.25) is 5.91 Å². The molecule has 28 heavy (non-hydrogen) atoms. The van der Waals surface area contributed by atoms with E-state index >= 15 is 0 Å². The van der Waals surface area contributed by atoms with Crippen molar-refractivity contribution in [1.82, 2.24) is 19.3 Å². The highest BCUT2D eigenvalue weighted by molar-refractivity contribution is 5.79. The van der Waals surface area contributed by atoms with E-state index in [1.807, 2.05) is 21.6 Å². The number of nitrogens with one attached hydrogen (secondary N) is 1. The Labute approximate surface area is 165 Å². The van der Waals surface area contributed by atoms with Crippen LogP contribution in [-0.2, 0) is 4.79 Å². The van der Waals surface area contributed by atoms with E-state index in [0.29, 0.717) is 13.0 Å². The number of fused-ring (bicyclic) bond motifs is 1. The smallest absolute Gasteiger partial charge is 0.224 e. The number of anilines is 1. The minimum absolute atomic E-state index is 0.238. The first-order chi connectivity index (χ1) is 13.7. The number of aromatic nitrogens is 3. The van der Waals surface area contributed by atoms with Gasteiger partial charge in [-0.3, -0.25) is 14.2 Å². The quantitative estimate of drug-likeness (QED) is 0.732. The topological polar surface area (TPSA) is 62.5 Å². The van der Waals surface area contributed by atoms with Gasteiger partial charge in [-0.05, 0) is 25.8 Å². The third-order valence-electron chi connectivity index (χ3n) is 5.31. The van der Waals surface area contributed by atoms with Gasteiger partial charge in [-0.15, -0.1) is 0 Å². The molecule has 1 aliphatic rings. The van der Waals surface area contributed by atoms with Gasteiger partial charge in [0, 0.05) is 44.0 Å². The lowest BCUT2D eigenvalue weighted by Gasteiger charge is -2.20. The number of benzene rings is 1. The Bertz CT molecular complexity index is 956. The van der Waals surface area contributed by atoms with Crippen LogP contribution in [0.3, 0.4) is 0 Å². The van der Waals surface area contributed by atoms with Crippen LogP contribution in [0.1, 0.15) is 37.7 Å². The summed E-state index contributed by atoms with van der Waals surface area (Å²) >= 11 is 0. The molecule has 1 fully saturated rings. The van der Waals surface area contributed by atoms with Crippen LogP contribution in [0.5, 0.6) is 0 Å². The van der Waals surface area contributed by atoms with Gasteiger partial charge in [0.1, 0.15) is 11.5 Å². The van der Waals surface area contributed by atoms with Crippen molar-refractivity contribution in [3.63, 3.8) is 0 Å². The van der Waals surface area contributed by atoms with Gasteiger partial charge in [-0.2, -0.15) is 0 Å². The number of carbonyl (C=O) groups excluding carboxylic acids is 1. The van der Waals surface area contributed by atoms with Crippen LogP contribution < -0.4 is 5.32 Å². The molecular weight excluding hydrogens is 350 g/mol. The third-order valence-corrected chi connectivity index (χ3v) is 5.31. The fourth-order valence-electron chi connectivity index (χ4n) is 3.84. The molecule has 6 heteroatoms. The van der Waals surface area contributed by atoms with Gasteiger partial charge in [-0.25, -0.2) is 4.98 Å². The highest BCUT2D eigenvalue weighted by atomic mass is 16.2. The van der Waals surface area contributed by atoms with Gasteiger partial charge in [0.25, 0.3) is 0 Å². The summed E-state index contributed by atoms with van der Waals surface area (Å²) in [5.41, 5.74) is 3.93. The standard InChI is InChI=1S/C22H27N5O/c1-17-7-6-8-18(15-17)21-22(27-14-11-23-16-19(27)25-21)24-10-9-20(28)26-12-4-2-3-5-13-26/h6-8,11,14-16,24H,2-5,9-10,12-13H2,1H3. The van der Waals surface area contributed by atoms with Crippen molar-refractivity contribution in [3.05, 3.63) is 48.4 Å². The average molecular weight is 377 g/mol. The molecule has 1 N–H and O–H groups in total. The molecule has 0 spiro atoms. The lowest BCUT2D eigenvalue weighted by molar-refractivity contribution is -0.130. The Hall–Kier alpha value is -2.89. The molecule has 6 nitrogen and oxygen atoms in total. The molecule has 146 valence electrons. The Morgan fingerprint density at radius 2 is 2.00 bits per heavy atom. The maximum absolute atomic E-state index is 12.6. The van der Waals surface area contributed by atoms with Crippen LogP contribution in [0.25, 0.3) is 16.9 Å². The number of likely N-dealkylation sites (tertiary alicyclic amines) is 1. The van der Waals surface area contributed by atoms with Gasteiger partial charge in [0.15, 0.2) is 5.65 Å². The molecule has 2 aromatic heterocycles. The minimum atomic E-state index is 0.238. The molecule has 0 unspecified atom stereocenters. The van der Waals surface area contributed by atoms with E-state index in [2.05, 4.69) is 35.4 Å². The van der Waals surface area contributed by atoms with Crippen molar-refractivity contribution >= 4 is 17.4 Å². The van der Waals surface area contributed by atoms with Gasteiger partial charge in [-0.1, -0.05) is 36.6 Å². The summed E-state index contributed by atoms with van der Waals surface area (Å²) in [5, 5.41) is 3.47. The van der Waals surface area contributed by atoms with Gasteiger partial charge >= 0.3 is 0 Å². The first kappa shape index (κ1) is 18.5. The summed E-state index contributed by atoms with van der Waals surface area (Å²) in [7, 11) is 0. The number of hydrogen-bond acceptors (Lipinski definition) is 4. The molecule has 0 bridgehead atoms. The zero-order valence-corrected chi connectivity index (χ0v) is 16.4. The molecule has 1 amide bonds. The summed E-state index contributed by atoms with van der Waals surface area (Å²) < 4.78 is 2.00. The molecule has 0 atom stereocenters. The molecule has 1 aliphatic heterocycles. The number of rotatable bonds is 5. The Morgan fingerprint density at radius 1 is 1.18 bits per heavy atom. The summed E-state index contributed by atoms with van der Waals surface area (Å²) in [5.74, 6) is 1.15. The first-order valence-electron chi connectivity index (χ1n) is 10.1. The second-order valence-corrected chi connectivity index (χ2v) is 7.45. The van der Waals surface area contributed by atoms with Crippen molar-refractivity contribution in [2.45, 2.75) is 39.0 Å². The Kier molecular flexibility index (Phi) is 5.55. The van der Waals surface area contributed by atoms with E-state index in [0.717, 1.165) is 48.7 Å². The SMILES string of the molecule is Cc1cccc(-c2nc3cnccn3c2NCCC(=O)N2CCCCCC2)c1. The molecule has 0 saturated carbocycles. The Balaban J connectivity index is 1.52. The molecule has 4 rings (SSSR count). The molecule has 3 aromatic rings.